The molecule has 0 atom stereocenters. The van der Waals surface area contributed by atoms with Crippen molar-refractivity contribution in [2.75, 3.05) is 25.8 Å². The summed E-state index contributed by atoms with van der Waals surface area (Å²) in [6, 6.07) is 9.87. The second-order valence-electron chi connectivity index (χ2n) is 5.60. The molecule has 1 amide bonds. The van der Waals surface area contributed by atoms with Crippen molar-refractivity contribution in [3.8, 4) is 11.5 Å². The van der Waals surface area contributed by atoms with E-state index >= 15 is 0 Å². The highest BCUT2D eigenvalue weighted by atomic mass is 32.2. The molecule has 2 aromatic rings. The third kappa shape index (κ3) is 3.23. The van der Waals surface area contributed by atoms with E-state index < -0.39 is 9.84 Å². The summed E-state index contributed by atoms with van der Waals surface area (Å²) in [4.78, 5) is 12.5. The van der Waals surface area contributed by atoms with Gasteiger partial charge < -0.3 is 14.8 Å². The fourth-order valence-corrected chi connectivity index (χ4v) is 3.30. The van der Waals surface area contributed by atoms with E-state index in [2.05, 4.69) is 5.32 Å². The Morgan fingerprint density at radius 2 is 1.80 bits per heavy atom. The number of ether oxygens (including phenoxy) is 2. The first-order valence-corrected chi connectivity index (χ1v) is 9.32. The van der Waals surface area contributed by atoms with E-state index in [9.17, 15) is 13.2 Å². The minimum Gasteiger partial charge on any atom is -0.497 e. The van der Waals surface area contributed by atoms with Crippen molar-refractivity contribution in [2.45, 2.75) is 4.90 Å². The van der Waals surface area contributed by atoms with Gasteiger partial charge >= 0.3 is 0 Å². The first-order valence-electron chi connectivity index (χ1n) is 7.43. The zero-order valence-electron chi connectivity index (χ0n) is 14.0. The minimum absolute atomic E-state index is 0.159. The molecule has 130 valence electrons. The average molecular weight is 359 g/mol. The highest BCUT2D eigenvalue weighted by Gasteiger charge is 2.26. The van der Waals surface area contributed by atoms with E-state index in [0.29, 0.717) is 33.9 Å². The maximum Gasteiger partial charge on any atom is 0.256 e. The molecule has 1 heterocycles. The van der Waals surface area contributed by atoms with E-state index in [0.717, 1.165) is 6.26 Å². The summed E-state index contributed by atoms with van der Waals surface area (Å²) in [7, 11) is -0.240. The summed E-state index contributed by atoms with van der Waals surface area (Å²) in [5.41, 5.74) is 2.23. The summed E-state index contributed by atoms with van der Waals surface area (Å²) in [5.74, 6) is 0.937. The highest BCUT2D eigenvalue weighted by molar-refractivity contribution is 7.90. The lowest BCUT2D eigenvalue weighted by Gasteiger charge is -2.08. The number of hydrogen-bond acceptors (Lipinski definition) is 5. The van der Waals surface area contributed by atoms with Gasteiger partial charge in [0.2, 0.25) is 0 Å². The Kier molecular flexibility index (Phi) is 4.26. The topological polar surface area (TPSA) is 81.7 Å². The monoisotopic (exact) mass is 359 g/mol. The fraction of sp³-hybridized carbons (Fsp3) is 0.167. The minimum atomic E-state index is -3.35. The molecular weight excluding hydrogens is 342 g/mol. The van der Waals surface area contributed by atoms with Crippen LogP contribution in [0.4, 0.5) is 5.69 Å². The number of hydrogen-bond donors (Lipinski definition) is 1. The van der Waals surface area contributed by atoms with Gasteiger partial charge in [0.25, 0.3) is 5.91 Å². The maximum atomic E-state index is 12.3. The predicted octanol–water partition coefficient (Wildman–Crippen LogP) is 2.60. The molecule has 6 nitrogen and oxygen atoms in total. The van der Waals surface area contributed by atoms with E-state index in [-0.39, 0.29) is 10.8 Å². The Morgan fingerprint density at radius 1 is 1.04 bits per heavy atom. The van der Waals surface area contributed by atoms with Gasteiger partial charge in [0.05, 0.1) is 24.8 Å². The van der Waals surface area contributed by atoms with Gasteiger partial charge in [0, 0.05) is 23.0 Å². The van der Waals surface area contributed by atoms with Crippen LogP contribution in [0.2, 0.25) is 0 Å². The standard InChI is InChI=1S/C18H17NO5S/c1-23-12-4-7-17(24-2)11(8-12)9-15-14-6-5-13(25(3,21)22)10-16(14)19-18(15)20/h4-10H,1-3H3,(H,19,20)/b15-9+. The maximum absolute atomic E-state index is 12.3. The molecule has 3 rings (SSSR count). The number of sulfone groups is 1. The molecule has 0 radical (unpaired) electrons. The molecule has 25 heavy (non-hydrogen) atoms. The summed E-state index contributed by atoms with van der Waals surface area (Å²) in [6.45, 7) is 0. The largest absolute Gasteiger partial charge is 0.497 e. The molecule has 0 fully saturated rings. The van der Waals surface area contributed by atoms with Crippen LogP contribution in [0.25, 0.3) is 11.6 Å². The number of carbonyl (C=O) groups is 1. The van der Waals surface area contributed by atoms with Crippen molar-refractivity contribution >= 4 is 33.1 Å². The third-order valence-corrected chi connectivity index (χ3v) is 5.05. The SMILES string of the molecule is COc1ccc(OC)c(/C=C2/C(=O)Nc3cc(S(C)(=O)=O)ccc32)c1. The molecular formula is C18H17NO5S. The Hall–Kier alpha value is -2.80. The van der Waals surface area contributed by atoms with Gasteiger partial charge in [-0.25, -0.2) is 8.42 Å². The molecule has 0 spiro atoms. The van der Waals surface area contributed by atoms with Crippen molar-refractivity contribution < 1.29 is 22.7 Å². The molecule has 0 bridgehead atoms. The van der Waals surface area contributed by atoms with Crippen LogP contribution in [0.15, 0.2) is 41.3 Å². The van der Waals surface area contributed by atoms with Gasteiger partial charge in [-0.05, 0) is 36.4 Å². The molecule has 0 aromatic heterocycles. The van der Waals surface area contributed by atoms with Gasteiger partial charge in [0.15, 0.2) is 9.84 Å². The molecule has 2 aromatic carbocycles. The molecule has 1 aliphatic heterocycles. The first kappa shape index (κ1) is 17.0. The molecule has 7 heteroatoms. The fourth-order valence-electron chi connectivity index (χ4n) is 2.66. The number of benzene rings is 2. The number of carbonyl (C=O) groups excluding carboxylic acids is 1. The van der Waals surface area contributed by atoms with Gasteiger partial charge in [0.1, 0.15) is 11.5 Å². The van der Waals surface area contributed by atoms with Crippen LogP contribution >= 0.6 is 0 Å². The lowest BCUT2D eigenvalue weighted by atomic mass is 10.0. The number of methoxy groups -OCH3 is 2. The summed E-state index contributed by atoms with van der Waals surface area (Å²) in [5, 5.41) is 2.70. The van der Waals surface area contributed by atoms with E-state index in [1.54, 1.807) is 44.6 Å². The zero-order valence-corrected chi connectivity index (χ0v) is 14.8. The van der Waals surface area contributed by atoms with Crippen molar-refractivity contribution in [3.63, 3.8) is 0 Å². The predicted molar refractivity (Wildman–Crippen MR) is 95.6 cm³/mol. The summed E-state index contributed by atoms with van der Waals surface area (Å²) in [6.07, 6.45) is 2.83. The molecule has 1 N–H and O–H groups in total. The van der Waals surface area contributed by atoms with Crippen molar-refractivity contribution in [2.24, 2.45) is 0 Å². The number of nitrogens with one attached hydrogen (secondary N) is 1. The van der Waals surface area contributed by atoms with Crippen molar-refractivity contribution in [1.29, 1.82) is 0 Å². The highest BCUT2D eigenvalue weighted by Crippen LogP contribution is 2.36. The number of anilines is 1. The zero-order chi connectivity index (χ0) is 18.2. The Labute approximate surface area is 146 Å². The van der Waals surface area contributed by atoms with E-state index in [4.69, 9.17) is 9.47 Å². The lowest BCUT2D eigenvalue weighted by molar-refractivity contribution is -0.110. The van der Waals surface area contributed by atoms with Crippen LogP contribution in [0.1, 0.15) is 11.1 Å². The van der Waals surface area contributed by atoms with Crippen LogP contribution in [0, 0.1) is 0 Å². The molecule has 0 unspecified atom stereocenters. The van der Waals surface area contributed by atoms with Gasteiger partial charge in [-0.2, -0.15) is 0 Å². The van der Waals surface area contributed by atoms with Crippen LogP contribution < -0.4 is 14.8 Å². The summed E-state index contributed by atoms with van der Waals surface area (Å²) < 4.78 is 33.9. The smallest absolute Gasteiger partial charge is 0.256 e. The van der Waals surface area contributed by atoms with E-state index in [1.807, 2.05) is 0 Å². The second-order valence-corrected chi connectivity index (χ2v) is 7.62. The van der Waals surface area contributed by atoms with Crippen molar-refractivity contribution in [1.82, 2.24) is 0 Å². The average Bonchev–Trinajstić information content (AvgIpc) is 2.89. The van der Waals surface area contributed by atoms with E-state index in [1.165, 1.54) is 12.1 Å². The van der Waals surface area contributed by atoms with Crippen LogP contribution in [-0.4, -0.2) is 34.8 Å². The van der Waals surface area contributed by atoms with Crippen LogP contribution in [-0.2, 0) is 14.6 Å². The Bertz CT molecular complexity index is 993. The van der Waals surface area contributed by atoms with Crippen LogP contribution in [0.5, 0.6) is 11.5 Å². The first-order chi connectivity index (χ1) is 11.8. The lowest BCUT2D eigenvalue weighted by Crippen LogP contribution is -2.04. The third-order valence-electron chi connectivity index (χ3n) is 3.94. The molecule has 0 saturated carbocycles. The van der Waals surface area contributed by atoms with Gasteiger partial charge in [-0.15, -0.1) is 0 Å². The van der Waals surface area contributed by atoms with Gasteiger partial charge in [-0.3, -0.25) is 4.79 Å². The second kappa shape index (κ2) is 6.25. The van der Waals surface area contributed by atoms with Crippen LogP contribution in [0.3, 0.4) is 0 Å². The number of amides is 1. The molecule has 0 saturated heterocycles. The normalized spacial score (nSPS) is 15.0. The molecule has 0 aliphatic carbocycles. The van der Waals surface area contributed by atoms with Gasteiger partial charge in [-0.1, -0.05) is 6.07 Å². The summed E-state index contributed by atoms with van der Waals surface area (Å²) >= 11 is 0. The molecule has 1 aliphatic rings. The number of fused-ring (bicyclic) bond motifs is 1. The number of rotatable bonds is 4. The Morgan fingerprint density at radius 3 is 2.44 bits per heavy atom. The van der Waals surface area contributed by atoms with Crippen molar-refractivity contribution in [3.05, 3.63) is 47.5 Å². The Balaban J connectivity index is 2.12. The quantitative estimate of drug-likeness (QED) is 0.849.